The Bertz CT molecular complexity index is 920. The molecule has 3 aromatic rings. The fraction of sp³-hybridized carbons (Fsp3) is 0.133. The molecule has 2 aromatic heterocycles. The molecule has 1 N–H and O–H groups in total. The maximum Gasteiger partial charge on any atom is 0.262 e. The molecule has 0 radical (unpaired) electrons. The summed E-state index contributed by atoms with van der Waals surface area (Å²) in [5.41, 5.74) is 1.26. The lowest BCUT2D eigenvalue weighted by atomic mass is 10.2. The Kier molecular flexibility index (Phi) is 4.95. The second-order valence-electron chi connectivity index (χ2n) is 4.52. The molecule has 0 bridgehead atoms. The van der Waals surface area contributed by atoms with Crippen LogP contribution in [0, 0.1) is 4.77 Å². The minimum atomic E-state index is -0.137. The number of fused-ring (bicyclic) bond motifs is 1. The predicted octanol–water partition coefficient (Wildman–Crippen LogP) is 2.93. The van der Waals surface area contributed by atoms with Gasteiger partial charge in [-0.2, -0.15) is 0 Å². The number of nitrogens with zero attached hydrogens (tertiary/aromatic N) is 2. The van der Waals surface area contributed by atoms with Crippen LogP contribution >= 0.6 is 24.6 Å². The minimum Gasteiger partial charge on any atom is -0.495 e. The number of methoxy groups -OCH3 is 1. The predicted molar refractivity (Wildman–Crippen MR) is 90.5 cm³/mol. The van der Waals surface area contributed by atoms with Crippen LogP contribution < -0.4 is 10.3 Å². The van der Waals surface area contributed by atoms with Crippen LogP contribution in [0.3, 0.4) is 0 Å². The molecular formula is C15H14ClN3O2S. The molecule has 0 saturated heterocycles. The van der Waals surface area contributed by atoms with E-state index in [0.29, 0.717) is 21.6 Å². The summed E-state index contributed by atoms with van der Waals surface area (Å²) in [6, 6.07) is 10.9. The number of ether oxygens (including phenoxy) is 1. The Morgan fingerprint density at radius 2 is 2.05 bits per heavy atom. The third kappa shape index (κ3) is 2.88. The average Bonchev–Trinajstić information content (AvgIpc) is 2.52. The first-order chi connectivity index (χ1) is 10.2. The summed E-state index contributed by atoms with van der Waals surface area (Å²) in [5, 5.41) is 0.598. The van der Waals surface area contributed by atoms with Crippen molar-refractivity contribution < 1.29 is 4.74 Å². The standard InChI is InChI=1S/C15H13N3O2S.ClH/c1-20-13-7-4-8-16-12(13)9-18-14(19)10-5-2-3-6-11(10)17-15(18)21;/h2-8H,9H2,1H3,(H,17,21);1H. The molecule has 0 unspecified atom stereocenters. The molecule has 1 aromatic carbocycles. The van der Waals surface area contributed by atoms with Gasteiger partial charge in [-0.15, -0.1) is 12.4 Å². The number of para-hydroxylation sites is 1. The molecule has 2 heterocycles. The molecule has 0 aliphatic heterocycles. The number of H-pyrrole nitrogens is 1. The van der Waals surface area contributed by atoms with Gasteiger partial charge in [0.05, 0.1) is 24.6 Å². The summed E-state index contributed by atoms with van der Waals surface area (Å²) >= 11 is 5.28. The van der Waals surface area contributed by atoms with Crippen molar-refractivity contribution in [3.63, 3.8) is 0 Å². The van der Waals surface area contributed by atoms with E-state index in [1.54, 1.807) is 31.5 Å². The molecule has 0 spiro atoms. The summed E-state index contributed by atoms with van der Waals surface area (Å²) in [5.74, 6) is 0.631. The summed E-state index contributed by atoms with van der Waals surface area (Å²) in [6.07, 6.45) is 1.66. The van der Waals surface area contributed by atoms with E-state index in [-0.39, 0.29) is 24.5 Å². The van der Waals surface area contributed by atoms with Crippen molar-refractivity contribution in [2.45, 2.75) is 6.54 Å². The topological polar surface area (TPSA) is 59.9 Å². The number of pyridine rings is 1. The fourth-order valence-electron chi connectivity index (χ4n) is 2.22. The zero-order chi connectivity index (χ0) is 14.8. The van der Waals surface area contributed by atoms with Crippen LogP contribution in [0.2, 0.25) is 0 Å². The molecule has 114 valence electrons. The van der Waals surface area contributed by atoms with Crippen molar-refractivity contribution in [3.8, 4) is 5.75 Å². The van der Waals surface area contributed by atoms with Crippen molar-refractivity contribution in [1.82, 2.24) is 14.5 Å². The highest BCUT2D eigenvalue weighted by Gasteiger charge is 2.09. The molecule has 22 heavy (non-hydrogen) atoms. The summed E-state index contributed by atoms with van der Waals surface area (Å²) < 4.78 is 7.12. The Labute approximate surface area is 138 Å². The Morgan fingerprint density at radius 3 is 2.82 bits per heavy atom. The SMILES string of the molecule is COc1cccnc1Cn1c(=S)[nH]c2ccccc2c1=O.Cl. The highest BCUT2D eigenvalue weighted by atomic mass is 35.5. The maximum atomic E-state index is 12.6. The number of hydrogen-bond acceptors (Lipinski definition) is 4. The van der Waals surface area contributed by atoms with Crippen LogP contribution in [0.15, 0.2) is 47.4 Å². The Hall–Kier alpha value is -2.18. The number of nitrogens with one attached hydrogen (secondary N) is 1. The Balaban J connectivity index is 0.00000176. The van der Waals surface area contributed by atoms with Crippen LogP contribution in [0.25, 0.3) is 10.9 Å². The number of hydrogen-bond donors (Lipinski definition) is 1. The van der Waals surface area contributed by atoms with Gasteiger partial charge in [-0.3, -0.25) is 14.3 Å². The maximum absolute atomic E-state index is 12.6. The highest BCUT2D eigenvalue weighted by Crippen LogP contribution is 2.15. The zero-order valence-electron chi connectivity index (χ0n) is 11.8. The van der Waals surface area contributed by atoms with E-state index in [9.17, 15) is 4.79 Å². The van der Waals surface area contributed by atoms with E-state index >= 15 is 0 Å². The van der Waals surface area contributed by atoms with Crippen LogP contribution in [0.1, 0.15) is 5.69 Å². The zero-order valence-corrected chi connectivity index (χ0v) is 13.4. The summed E-state index contributed by atoms with van der Waals surface area (Å²) in [7, 11) is 1.57. The third-order valence-electron chi connectivity index (χ3n) is 3.27. The molecule has 0 aliphatic rings. The van der Waals surface area contributed by atoms with Gasteiger partial charge in [0, 0.05) is 6.20 Å². The van der Waals surface area contributed by atoms with Crippen molar-refractivity contribution in [1.29, 1.82) is 0 Å². The monoisotopic (exact) mass is 335 g/mol. The van der Waals surface area contributed by atoms with Crippen LogP contribution in [0.4, 0.5) is 0 Å². The first kappa shape index (κ1) is 16.2. The molecule has 7 heteroatoms. The van der Waals surface area contributed by atoms with Crippen molar-refractivity contribution >= 4 is 35.5 Å². The van der Waals surface area contributed by atoms with Crippen molar-refractivity contribution in [2.24, 2.45) is 0 Å². The van der Waals surface area contributed by atoms with Gasteiger partial charge < -0.3 is 9.72 Å². The van der Waals surface area contributed by atoms with Gasteiger partial charge in [0.15, 0.2) is 4.77 Å². The molecule has 3 rings (SSSR count). The van der Waals surface area contributed by atoms with E-state index in [1.807, 2.05) is 18.2 Å². The van der Waals surface area contributed by atoms with E-state index in [2.05, 4.69) is 9.97 Å². The summed E-state index contributed by atoms with van der Waals surface area (Å²) in [6.45, 7) is 0.267. The first-order valence-corrected chi connectivity index (χ1v) is 6.81. The second kappa shape index (κ2) is 6.72. The van der Waals surface area contributed by atoms with Gasteiger partial charge in [0.25, 0.3) is 5.56 Å². The summed E-state index contributed by atoms with van der Waals surface area (Å²) in [4.78, 5) is 19.9. The molecule has 0 atom stereocenters. The molecule has 0 aliphatic carbocycles. The minimum absolute atomic E-state index is 0. The van der Waals surface area contributed by atoms with E-state index in [0.717, 1.165) is 5.52 Å². The van der Waals surface area contributed by atoms with Gasteiger partial charge in [-0.25, -0.2) is 0 Å². The van der Waals surface area contributed by atoms with E-state index in [4.69, 9.17) is 17.0 Å². The lowest BCUT2D eigenvalue weighted by Gasteiger charge is -2.10. The van der Waals surface area contributed by atoms with Gasteiger partial charge in [-0.05, 0) is 36.5 Å². The van der Waals surface area contributed by atoms with Gasteiger partial charge in [-0.1, -0.05) is 12.1 Å². The van der Waals surface area contributed by atoms with Crippen LogP contribution in [-0.2, 0) is 6.54 Å². The van der Waals surface area contributed by atoms with Gasteiger partial charge >= 0.3 is 0 Å². The normalized spacial score (nSPS) is 10.2. The molecular weight excluding hydrogens is 322 g/mol. The lowest BCUT2D eigenvalue weighted by Crippen LogP contribution is -2.23. The van der Waals surface area contributed by atoms with Crippen molar-refractivity contribution in [3.05, 3.63) is 63.4 Å². The van der Waals surface area contributed by atoms with E-state index < -0.39 is 0 Å². The van der Waals surface area contributed by atoms with E-state index in [1.165, 1.54) is 4.57 Å². The van der Waals surface area contributed by atoms with Gasteiger partial charge in [0.2, 0.25) is 0 Å². The molecule has 0 fully saturated rings. The molecule has 0 amide bonds. The molecule has 0 saturated carbocycles. The Morgan fingerprint density at radius 1 is 1.27 bits per heavy atom. The number of aromatic nitrogens is 3. The smallest absolute Gasteiger partial charge is 0.262 e. The third-order valence-corrected chi connectivity index (χ3v) is 3.59. The number of halogens is 1. The fourth-order valence-corrected chi connectivity index (χ4v) is 2.48. The quantitative estimate of drug-likeness (QED) is 0.748. The second-order valence-corrected chi connectivity index (χ2v) is 4.91. The molecule has 5 nitrogen and oxygen atoms in total. The number of rotatable bonds is 3. The number of aromatic amines is 1. The number of benzene rings is 1. The first-order valence-electron chi connectivity index (χ1n) is 6.40. The van der Waals surface area contributed by atoms with Crippen LogP contribution in [0.5, 0.6) is 5.75 Å². The largest absolute Gasteiger partial charge is 0.495 e. The lowest BCUT2D eigenvalue weighted by molar-refractivity contribution is 0.404. The van der Waals surface area contributed by atoms with Crippen molar-refractivity contribution in [2.75, 3.05) is 7.11 Å². The van der Waals surface area contributed by atoms with Crippen LogP contribution in [-0.4, -0.2) is 21.6 Å². The van der Waals surface area contributed by atoms with Gasteiger partial charge in [0.1, 0.15) is 11.4 Å². The average molecular weight is 336 g/mol. The highest BCUT2D eigenvalue weighted by molar-refractivity contribution is 7.71.